The molecule has 0 atom stereocenters. The van der Waals surface area contributed by atoms with Crippen LogP contribution in [0.15, 0.2) is 42.6 Å². The molecule has 3 N–H and O–H groups in total. The van der Waals surface area contributed by atoms with Crippen molar-refractivity contribution in [3.05, 3.63) is 53.2 Å². The van der Waals surface area contributed by atoms with Gasteiger partial charge in [-0.25, -0.2) is 9.78 Å². The summed E-state index contributed by atoms with van der Waals surface area (Å²) in [5, 5.41) is 2.08. The number of benzene rings is 2. The number of nitrogens with two attached hydrogens (primary N) is 1. The number of pyridine rings is 1. The number of ether oxygens (including phenoxy) is 4. The number of nitrogen functional groups attached to an aromatic ring is 1. The zero-order valence-corrected chi connectivity index (χ0v) is 18.5. The van der Waals surface area contributed by atoms with Crippen molar-refractivity contribution >= 4 is 45.2 Å². The highest BCUT2D eigenvalue weighted by Crippen LogP contribution is 2.36. The number of carbonyl (C=O) groups is 1. The maximum absolute atomic E-state index is 12.1. The molecule has 0 radical (unpaired) electrons. The molecule has 166 valence electrons. The van der Waals surface area contributed by atoms with Gasteiger partial charge in [0.1, 0.15) is 11.5 Å². The first-order chi connectivity index (χ1) is 15.4. The molecule has 0 saturated heterocycles. The largest absolute Gasteiger partial charge is 0.515 e. The van der Waals surface area contributed by atoms with Crippen LogP contribution >= 0.6 is 11.6 Å². The van der Waals surface area contributed by atoms with E-state index in [4.69, 9.17) is 36.3 Å². The number of nitrogens with one attached hydrogen (secondary N) is 1. The maximum atomic E-state index is 12.1. The average molecular weight is 456 g/mol. The van der Waals surface area contributed by atoms with E-state index in [0.29, 0.717) is 27.8 Å². The topological polar surface area (TPSA) is 109 Å². The lowest BCUT2D eigenvalue weighted by Gasteiger charge is -2.12. The van der Waals surface area contributed by atoms with Gasteiger partial charge in [0, 0.05) is 29.5 Å². The predicted molar refractivity (Wildman–Crippen MR) is 122 cm³/mol. The van der Waals surface area contributed by atoms with Gasteiger partial charge in [0.15, 0.2) is 0 Å². The van der Waals surface area contributed by atoms with E-state index in [1.54, 1.807) is 45.4 Å². The number of hydrogen-bond donors (Lipinski definition) is 2. The number of carbonyl (C=O) groups excluding carboxylic acids is 1. The van der Waals surface area contributed by atoms with Crippen molar-refractivity contribution in [2.45, 2.75) is 26.6 Å². The highest BCUT2D eigenvalue weighted by molar-refractivity contribution is 6.33. The van der Waals surface area contributed by atoms with Crippen LogP contribution in [0.2, 0.25) is 5.02 Å². The molecule has 0 spiro atoms. The highest BCUT2D eigenvalue weighted by atomic mass is 35.5. The maximum Gasteiger partial charge on any atom is 0.515 e. The molecule has 0 unspecified atom stereocenters. The monoisotopic (exact) mass is 455 g/mol. The van der Waals surface area contributed by atoms with Gasteiger partial charge in [0.2, 0.25) is 5.88 Å². The molecule has 0 bridgehead atoms. The third-order valence-electron chi connectivity index (χ3n) is 4.68. The van der Waals surface area contributed by atoms with Crippen LogP contribution < -0.4 is 15.2 Å². The zero-order chi connectivity index (χ0) is 22.8. The van der Waals surface area contributed by atoms with Crippen LogP contribution in [0.1, 0.15) is 19.4 Å². The van der Waals surface area contributed by atoms with Crippen molar-refractivity contribution in [2.75, 3.05) is 12.8 Å². The Labute approximate surface area is 189 Å². The van der Waals surface area contributed by atoms with Crippen molar-refractivity contribution in [3.63, 3.8) is 0 Å². The number of H-pyrrole nitrogens is 1. The van der Waals surface area contributed by atoms with Crippen molar-refractivity contribution in [2.24, 2.45) is 0 Å². The highest BCUT2D eigenvalue weighted by Gasteiger charge is 2.19. The number of aromatic amines is 1. The first kappa shape index (κ1) is 21.7. The number of rotatable bonds is 6. The summed E-state index contributed by atoms with van der Waals surface area (Å²) in [4.78, 5) is 19.7. The van der Waals surface area contributed by atoms with Gasteiger partial charge in [0.25, 0.3) is 0 Å². The van der Waals surface area contributed by atoms with Gasteiger partial charge < -0.3 is 29.7 Å². The van der Waals surface area contributed by atoms with E-state index in [1.807, 2.05) is 18.2 Å². The molecule has 0 amide bonds. The summed E-state index contributed by atoms with van der Waals surface area (Å²) in [5.41, 5.74) is 8.50. The van der Waals surface area contributed by atoms with Crippen LogP contribution in [0.3, 0.4) is 0 Å². The van der Waals surface area contributed by atoms with Crippen LogP contribution in [0.4, 0.5) is 10.5 Å². The first-order valence-corrected chi connectivity index (χ1v) is 10.3. The van der Waals surface area contributed by atoms with E-state index in [1.165, 1.54) is 0 Å². The van der Waals surface area contributed by atoms with Crippen molar-refractivity contribution in [1.82, 2.24) is 9.97 Å². The van der Waals surface area contributed by atoms with Crippen molar-refractivity contribution in [1.29, 1.82) is 0 Å². The molecule has 2 aromatic heterocycles. The van der Waals surface area contributed by atoms with Gasteiger partial charge in [0.05, 0.1) is 40.7 Å². The summed E-state index contributed by atoms with van der Waals surface area (Å²) in [6.07, 6.45) is 0.465. The Kier molecular flexibility index (Phi) is 6.07. The second-order valence-corrected chi connectivity index (χ2v) is 7.81. The minimum absolute atomic E-state index is 0.127. The lowest BCUT2D eigenvalue weighted by atomic mass is 10.1. The summed E-state index contributed by atoms with van der Waals surface area (Å²) in [5.74, 6) is 1.28. The molecule has 32 heavy (non-hydrogen) atoms. The standard InChI is InChI=1S/C23H22ClN3O5/c1-12(2)30-23(28)32-22-16(11-29-3)21-15-8-13(5-7-19(15)27-20(21)10-26-22)31-14-4-6-18(25)17(24)9-14/h4-10,12,27H,11,25H2,1-3H3. The van der Waals surface area contributed by atoms with Crippen LogP contribution in [0.25, 0.3) is 21.8 Å². The average Bonchev–Trinajstić information content (AvgIpc) is 3.10. The number of methoxy groups -OCH3 is 1. The molecule has 8 nitrogen and oxygen atoms in total. The molecule has 0 fully saturated rings. The lowest BCUT2D eigenvalue weighted by Crippen LogP contribution is -2.17. The van der Waals surface area contributed by atoms with E-state index >= 15 is 0 Å². The molecule has 4 aromatic rings. The van der Waals surface area contributed by atoms with Gasteiger partial charge >= 0.3 is 6.16 Å². The van der Waals surface area contributed by atoms with Gasteiger partial charge in [-0.2, -0.15) is 0 Å². The second-order valence-electron chi connectivity index (χ2n) is 7.40. The summed E-state index contributed by atoms with van der Waals surface area (Å²) in [6.45, 7) is 3.66. The Morgan fingerprint density at radius 1 is 1.16 bits per heavy atom. The van der Waals surface area contributed by atoms with Gasteiger partial charge in [-0.3, -0.25) is 0 Å². The number of halogens is 1. The fourth-order valence-corrected chi connectivity index (χ4v) is 3.52. The number of hydrogen-bond acceptors (Lipinski definition) is 7. The van der Waals surface area contributed by atoms with E-state index in [-0.39, 0.29) is 18.6 Å². The first-order valence-electron chi connectivity index (χ1n) is 9.89. The van der Waals surface area contributed by atoms with Gasteiger partial charge in [-0.15, -0.1) is 0 Å². The molecule has 0 aliphatic rings. The minimum atomic E-state index is -0.826. The summed E-state index contributed by atoms with van der Waals surface area (Å²) in [7, 11) is 1.56. The Bertz CT molecular complexity index is 1300. The fourth-order valence-electron chi connectivity index (χ4n) is 3.35. The molecule has 2 heterocycles. The molecule has 0 aliphatic carbocycles. The fraction of sp³-hybridized carbons (Fsp3) is 0.217. The number of fused-ring (bicyclic) bond motifs is 3. The van der Waals surface area contributed by atoms with E-state index in [2.05, 4.69) is 9.97 Å². The van der Waals surface area contributed by atoms with E-state index in [9.17, 15) is 4.79 Å². The molecule has 0 aliphatic heterocycles. The molecule has 0 saturated carbocycles. The second kappa shape index (κ2) is 8.94. The predicted octanol–water partition coefficient (Wildman–Crippen LogP) is 5.81. The lowest BCUT2D eigenvalue weighted by molar-refractivity contribution is 0.0705. The van der Waals surface area contributed by atoms with Gasteiger partial charge in [-0.05, 0) is 44.2 Å². The quantitative estimate of drug-likeness (QED) is 0.278. The zero-order valence-electron chi connectivity index (χ0n) is 17.8. The van der Waals surface area contributed by atoms with Crippen LogP contribution in [0.5, 0.6) is 17.4 Å². The summed E-state index contributed by atoms with van der Waals surface area (Å²) < 4.78 is 21.8. The Balaban J connectivity index is 1.78. The van der Waals surface area contributed by atoms with Crippen LogP contribution in [0, 0.1) is 0 Å². The van der Waals surface area contributed by atoms with Gasteiger partial charge in [-0.1, -0.05) is 11.6 Å². The summed E-state index contributed by atoms with van der Waals surface area (Å²) >= 11 is 6.10. The third kappa shape index (κ3) is 4.42. The van der Waals surface area contributed by atoms with Crippen molar-refractivity contribution < 1.29 is 23.7 Å². The van der Waals surface area contributed by atoms with Crippen molar-refractivity contribution in [3.8, 4) is 17.4 Å². The molecule has 9 heteroatoms. The Hall–Kier alpha value is -3.49. The number of nitrogens with zero attached hydrogens (tertiary/aromatic N) is 1. The molecule has 2 aromatic carbocycles. The SMILES string of the molecule is COCc1c(OC(=O)OC(C)C)ncc2[nH]c3ccc(Oc4ccc(N)c(Cl)c4)cc3c12. The molecular formula is C23H22ClN3O5. The molecule has 4 rings (SSSR count). The van der Waals surface area contributed by atoms with Crippen LogP contribution in [-0.4, -0.2) is 29.3 Å². The normalized spacial score (nSPS) is 11.3. The summed E-state index contributed by atoms with van der Waals surface area (Å²) in [6, 6.07) is 10.7. The third-order valence-corrected chi connectivity index (χ3v) is 5.01. The smallest absolute Gasteiger partial charge is 0.457 e. The van der Waals surface area contributed by atoms with E-state index < -0.39 is 6.16 Å². The Morgan fingerprint density at radius 3 is 2.62 bits per heavy atom. The minimum Gasteiger partial charge on any atom is -0.457 e. The number of aromatic nitrogens is 2. The van der Waals surface area contributed by atoms with E-state index in [0.717, 1.165) is 21.8 Å². The Morgan fingerprint density at radius 2 is 1.91 bits per heavy atom. The number of anilines is 1. The van der Waals surface area contributed by atoms with Crippen LogP contribution in [-0.2, 0) is 16.1 Å². The molecular weight excluding hydrogens is 434 g/mol.